The van der Waals surface area contributed by atoms with Crippen LogP contribution in [0.25, 0.3) is 5.52 Å². The minimum absolute atomic E-state index is 0.253. The third kappa shape index (κ3) is 2.90. The van der Waals surface area contributed by atoms with Gasteiger partial charge >= 0.3 is 0 Å². The van der Waals surface area contributed by atoms with Crippen molar-refractivity contribution in [2.75, 3.05) is 18.9 Å². The number of aromatic nitrogens is 3. The topological polar surface area (TPSA) is 74.7 Å². The summed E-state index contributed by atoms with van der Waals surface area (Å²) in [4.78, 5) is 3.95. The van der Waals surface area contributed by atoms with Crippen LogP contribution in [0.15, 0.2) is 18.5 Å². The second-order valence-electron chi connectivity index (χ2n) is 6.14. The third-order valence-corrected chi connectivity index (χ3v) is 4.42. The number of hydrogen-bond acceptors (Lipinski definition) is 5. The molecule has 3 heterocycles. The quantitative estimate of drug-likeness (QED) is 0.827. The molecule has 3 rings (SSSR count). The van der Waals surface area contributed by atoms with Gasteiger partial charge in [0, 0.05) is 13.0 Å². The average Bonchev–Trinajstić information content (AvgIpc) is 3.08. The maximum atomic E-state index is 14.7. The lowest BCUT2D eigenvalue weighted by molar-refractivity contribution is -0.0837. The van der Waals surface area contributed by atoms with Gasteiger partial charge in [0.1, 0.15) is 23.6 Å². The number of alkyl halides is 1. The zero-order valence-corrected chi connectivity index (χ0v) is 13.5. The second kappa shape index (κ2) is 6.41. The fourth-order valence-electron chi connectivity index (χ4n) is 3.04. The predicted molar refractivity (Wildman–Crippen MR) is 84.9 cm³/mol. The lowest BCUT2D eigenvalue weighted by Gasteiger charge is -2.26. The summed E-state index contributed by atoms with van der Waals surface area (Å²) in [5.41, 5.74) is 6.08. The van der Waals surface area contributed by atoms with Gasteiger partial charge in [-0.1, -0.05) is 13.3 Å². The molecular formula is C16H23FN4O2. The first-order valence-corrected chi connectivity index (χ1v) is 8.04. The van der Waals surface area contributed by atoms with E-state index in [0.717, 1.165) is 12.8 Å². The lowest BCUT2D eigenvalue weighted by Crippen LogP contribution is -2.32. The maximum Gasteiger partial charge on any atom is 0.151 e. The number of fused-ring (bicyclic) bond motifs is 1. The first-order valence-electron chi connectivity index (χ1n) is 8.04. The smallest absolute Gasteiger partial charge is 0.151 e. The number of halogens is 1. The van der Waals surface area contributed by atoms with E-state index >= 15 is 0 Å². The van der Waals surface area contributed by atoms with Gasteiger partial charge in [-0.05, 0) is 25.5 Å². The summed E-state index contributed by atoms with van der Waals surface area (Å²) in [5, 5.41) is 4.19. The molecule has 1 unspecified atom stereocenters. The molecule has 1 saturated heterocycles. The average molecular weight is 322 g/mol. The van der Waals surface area contributed by atoms with Crippen molar-refractivity contribution in [3.8, 4) is 0 Å². The summed E-state index contributed by atoms with van der Waals surface area (Å²) in [6.45, 7) is 4.96. The van der Waals surface area contributed by atoms with Crippen molar-refractivity contribution < 1.29 is 13.9 Å². The molecule has 0 saturated carbocycles. The molecule has 23 heavy (non-hydrogen) atoms. The lowest BCUT2D eigenvalue weighted by atomic mass is 9.96. The number of unbranched alkanes of at least 4 members (excludes halogenated alkanes) is 1. The zero-order valence-electron chi connectivity index (χ0n) is 13.5. The van der Waals surface area contributed by atoms with Crippen molar-refractivity contribution in [1.82, 2.24) is 14.6 Å². The van der Waals surface area contributed by atoms with Crippen LogP contribution < -0.4 is 5.73 Å². The van der Waals surface area contributed by atoms with Crippen LogP contribution in [-0.2, 0) is 15.1 Å². The van der Waals surface area contributed by atoms with Gasteiger partial charge < -0.3 is 15.2 Å². The van der Waals surface area contributed by atoms with E-state index in [-0.39, 0.29) is 6.10 Å². The van der Waals surface area contributed by atoms with Gasteiger partial charge in [0.15, 0.2) is 5.82 Å². The number of nitrogens with zero attached hydrogens (tertiary/aromatic N) is 3. The highest BCUT2D eigenvalue weighted by atomic mass is 19.1. The highest BCUT2D eigenvalue weighted by Crippen LogP contribution is 2.41. The van der Waals surface area contributed by atoms with Crippen molar-refractivity contribution in [3.05, 3.63) is 24.2 Å². The van der Waals surface area contributed by atoms with Crippen LogP contribution in [0.5, 0.6) is 0 Å². The normalized spacial score (nSPS) is 27.8. The van der Waals surface area contributed by atoms with E-state index in [1.807, 2.05) is 0 Å². The van der Waals surface area contributed by atoms with Crippen LogP contribution in [-0.4, -0.2) is 40.1 Å². The van der Waals surface area contributed by atoms with Gasteiger partial charge in [-0.3, -0.25) is 0 Å². The predicted octanol–water partition coefficient (Wildman–Crippen LogP) is 2.47. The number of ether oxygens (including phenoxy) is 2. The van der Waals surface area contributed by atoms with Gasteiger partial charge in [-0.25, -0.2) is 13.9 Å². The first kappa shape index (κ1) is 16.1. The molecule has 2 N–H and O–H groups in total. The van der Waals surface area contributed by atoms with Crippen molar-refractivity contribution in [2.45, 2.75) is 51.0 Å². The van der Waals surface area contributed by atoms with E-state index in [9.17, 15) is 4.39 Å². The minimum atomic E-state index is -1.13. The van der Waals surface area contributed by atoms with Crippen LogP contribution in [0, 0.1) is 0 Å². The molecule has 0 radical (unpaired) electrons. The maximum absolute atomic E-state index is 14.7. The Kier molecular flexibility index (Phi) is 4.50. The number of hydrogen-bond donors (Lipinski definition) is 1. The fourth-order valence-corrected chi connectivity index (χ4v) is 3.04. The second-order valence-corrected chi connectivity index (χ2v) is 6.14. The molecule has 7 heteroatoms. The van der Waals surface area contributed by atoms with E-state index in [2.05, 4.69) is 17.0 Å². The first-order chi connectivity index (χ1) is 11.1. The van der Waals surface area contributed by atoms with E-state index in [1.165, 1.54) is 6.33 Å². The minimum Gasteiger partial charge on any atom is -0.382 e. The van der Waals surface area contributed by atoms with E-state index in [1.54, 1.807) is 23.6 Å². The van der Waals surface area contributed by atoms with Crippen LogP contribution in [0.4, 0.5) is 10.2 Å². The number of rotatable bonds is 6. The van der Waals surface area contributed by atoms with Crippen LogP contribution >= 0.6 is 0 Å². The zero-order chi connectivity index (χ0) is 16.4. The molecule has 1 aliphatic heterocycles. The van der Waals surface area contributed by atoms with E-state index in [4.69, 9.17) is 15.2 Å². The number of nitrogen functional groups attached to an aromatic ring is 1. The van der Waals surface area contributed by atoms with Gasteiger partial charge in [-0.2, -0.15) is 5.10 Å². The van der Waals surface area contributed by atoms with Crippen molar-refractivity contribution >= 4 is 11.3 Å². The Balaban J connectivity index is 1.79. The molecule has 0 aliphatic carbocycles. The standard InChI is InChI=1S/C16H23FN4O2/c1-3-4-7-22-9-11-8-13(17)16(2,23-11)14-6-5-12-15(18)19-10-20-21(12)14/h5-6,10-11,13H,3-4,7-9H2,1-2H3,(H2,18,19,20)/t11-,13+,16?/m0/s1. The van der Waals surface area contributed by atoms with Crippen LogP contribution in [0.3, 0.4) is 0 Å². The summed E-state index contributed by atoms with van der Waals surface area (Å²) >= 11 is 0. The van der Waals surface area contributed by atoms with Gasteiger partial charge in [-0.15, -0.1) is 0 Å². The van der Waals surface area contributed by atoms with Crippen molar-refractivity contribution in [1.29, 1.82) is 0 Å². The number of anilines is 1. The summed E-state index contributed by atoms with van der Waals surface area (Å²) in [6.07, 6.45) is 2.38. The Morgan fingerprint density at radius 1 is 1.52 bits per heavy atom. The number of nitrogens with two attached hydrogens (primary N) is 1. The highest BCUT2D eigenvalue weighted by molar-refractivity contribution is 5.65. The fraction of sp³-hybridized carbons (Fsp3) is 0.625. The van der Waals surface area contributed by atoms with Crippen LogP contribution in [0.1, 0.15) is 38.8 Å². The van der Waals surface area contributed by atoms with E-state index in [0.29, 0.717) is 36.7 Å². The Hall–Kier alpha value is -1.73. The SMILES string of the molecule is CCCCOC[C@@H]1C[C@@H](F)C(C)(c2ccc3c(N)ncnn23)O1. The van der Waals surface area contributed by atoms with E-state index < -0.39 is 11.8 Å². The molecule has 6 nitrogen and oxygen atoms in total. The largest absolute Gasteiger partial charge is 0.382 e. The summed E-state index contributed by atoms with van der Waals surface area (Å²) in [5.74, 6) is 0.364. The van der Waals surface area contributed by atoms with Crippen molar-refractivity contribution in [2.24, 2.45) is 0 Å². The molecule has 0 bridgehead atoms. The van der Waals surface area contributed by atoms with Gasteiger partial charge in [0.05, 0.1) is 18.4 Å². The molecule has 3 atom stereocenters. The molecule has 1 fully saturated rings. The molecule has 0 amide bonds. The summed E-state index contributed by atoms with van der Waals surface area (Å²) in [7, 11) is 0. The molecule has 1 aliphatic rings. The van der Waals surface area contributed by atoms with Gasteiger partial charge in [0.25, 0.3) is 0 Å². The highest BCUT2D eigenvalue weighted by Gasteiger charge is 2.48. The molecule has 2 aromatic heterocycles. The third-order valence-electron chi connectivity index (χ3n) is 4.42. The summed E-state index contributed by atoms with van der Waals surface area (Å²) in [6, 6.07) is 3.59. The Morgan fingerprint density at radius 2 is 2.35 bits per heavy atom. The monoisotopic (exact) mass is 322 g/mol. The Labute approximate surface area is 134 Å². The molecule has 2 aromatic rings. The van der Waals surface area contributed by atoms with Gasteiger partial charge in [0.2, 0.25) is 0 Å². The molecule has 0 spiro atoms. The Bertz CT molecular complexity index is 677. The molecule has 126 valence electrons. The molecular weight excluding hydrogens is 299 g/mol. The Morgan fingerprint density at radius 3 is 3.13 bits per heavy atom. The summed E-state index contributed by atoms with van der Waals surface area (Å²) < 4.78 is 27.9. The molecule has 0 aromatic carbocycles. The van der Waals surface area contributed by atoms with Crippen molar-refractivity contribution in [3.63, 3.8) is 0 Å². The van der Waals surface area contributed by atoms with Crippen LogP contribution in [0.2, 0.25) is 0 Å².